The zero-order valence-corrected chi connectivity index (χ0v) is 20.1. The number of aryl methyl sites for hydroxylation is 2. The van der Waals surface area contributed by atoms with Crippen LogP contribution in [0.3, 0.4) is 0 Å². The van der Waals surface area contributed by atoms with Gasteiger partial charge in [-0.3, -0.25) is 25.2 Å². The van der Waals surface area contributed by atoms with Crippen LogP contribution in [0, 0.1) is 6.92 Å². The van der Waals surface area contributed by atoms with E-state index in [2.05, 4.69) is 27.4 Å². The van der Waals surface area contributed by atoms with Gasteiger partial charge < -0.3 is 14.4 Å². The van der Waals surface area contributed by atoms with E-state index in [0.717, 1.165) is 11.1 Å². The number of hydrogen-bond donors (Lipinski definition) is 4. The van der Waals surface area contributed by atoms with Crippen molar-refractivity contribution in [3.63, 3.8) is 0 Å². The van der Waals surface area contributed by atoms with E-state index in [0.29, 0.717) is 11.4 Å². The number of aliphatic hydroxyl groups is 1. The Morgan fingerprint density at radius 1 is 1.19 bits per heavy atom. The van der Waals surface area contributed by atoms with Crippen molar-refractivity contribution in [2.75, 3.05) is 12.0 Å². The van der Waals surface area contributed by atoms with E-state index in [-0.39, 0.29) is 30.3 Å². The summed E-state index contributed by atoms with van der Waals surface area (Å²) in [6, 6.07) is 17.2. The molecule has 0 aliphatic carbocycles. The van der Waals surface area contributed by atoms with E-state index in [9.17, 15) is 14.7 Å². The van der Waals surface area contributed by atoms with Gasteiger partial charge >= 0.3 is 5.69 Å². The first kappa shape index (κ1) is 24.6. The maximum atomic E-state index is 12.7. The Labute approximate surface area is 207 Å². The van der Waals surface area contributed by atoms with Crippen molar-refractivity contribution < 1.29 is 9.84 Å². The van der Waals surface area contributed by atoms with E-state index in [1.807, 2.05) is 67.6 Å². The van der Waals surface area contributed by atoms with Crippen molar-refractivity contribution in [3.8, 4) is 5.75 Å². The summed E-state index contributed by atoms with van der Waals surface area (Å²) in [6.45, 7) is 5.85. The van der Waals surface area contributed by atoms with Gasteiger partial charge in [0.05, 0.1) is 6.54 Å². The third kappa shape index (κ3) is 5.56. The fourth-order valence-electron chi connectivity index (χ4n) is 3.61. The van der Waals surface area contributed by atoms with Crippen LogP contribution in [-0.2, 0) is 13.6 Å². The highest BCUT2D eigenvalue weighted by Crippen LogP contribution is 2.18. The zero-order chi connectivity index (χ0) is 25.7. The number of imidazole rings is 1. The molecule has 0 spiro atoms. The maximum absolute atomic E-state index is 12.7. The summed E-state index contributed by atoms with van der Waals surface area (Å²) >= 11 is 0. The zero-order valence-electron chi connectivity index (χ0n) is 20.1. The molecule has 36 heavy (non-hydrogen) atoms. The summed E-state index contributed by atoms with van der Waals surface area (Å²) in [6.07, 6.45) is 2.70. The number of H-pyrrole nitrogens is 1. The summed E-state index contributed by atoms with van der Waals surface area (Å²) in [4.78, 5) is 31.5. The normalized spacial score (nSPS) is 12.1. The SMILES string of the molecule is C=C(/C=C/c1ccccc1)NNc1nc2c(c(=O)[nH]c(=O)n2C)n1C[C@@H](O)COc1ccccc1C. The van der Waals surface area contributed by atoms with E-state index in [1.165, 1.54) is 16.2 Å². The predicted molar refractivity (Wildman–Crippen MR) is 140 cm³/mol. The number of fused-ring (bicyclic) bond motifs is 1. The van der Waals surface area contributed by atoms with Crippen LogP contribution in [0.1, 0.15) is 11.1 Å². The van der Waals surface area contributed by atoms with E-state index in [1.54, 1.807) is 6.08 Å². The fraction of sp³-hybridized carbons (Fsp3) is 0.192. The lowest BCUT2D eigenvalue weighted by molar-refractivity contribution is 0.0935. The number of hydrogen-bond acceptors (Lipinski definition) is 7. The second-order valence-electron chi connectivity index (χ2n) is 8.29. The molecule has 0 radical (unpaired) electrons. The van der Waals surface area contributed by atoms with Crippen LogP contribution < -0.4 is 26.8 Å². The van der Waals surface area contributed by atoms with Crippen molar-refractivity contribution in [1.82, 2.24) is 24.5 Å². The second kappa shape index (κ2) is 10.8. The Kier molecular flexibility index (Phi) is 7.36. The molecule has 186 valence electrons. The summed E-state index contributed by atoms with van der Waals surface area (Å²) in [5, 5.41) is 10.7. The highest BCUT2D eigenvalue weighted by Gasteiger charge is 2.20. The van der Waals surface area contributed by atoms with Gasteiger partial charge in [0, 0.05) is 12.7 Å². The summed E-state index contributed by atoms with van der Waals surface area (Å²) < 4.78 is 8.50. The molecule has 0 amide bonds. The van der Waals surface area contributed by atoms with Crippen molar-refractivity contribution in [2.45, 2.75) is 19.6 Å². The third-order valence-electron chi connectivity index (χ3n) is 5.54. The predicted octanol–water partition coefficient (Wildman–Crippen LogP) is 2.32. The Bertz CT molecular complexity index is 1520. The quantitative estimate of drug-likeness (QED) is 0.199. The van der Waals surface area contributed by atoms with Crippen LogP contribution in [0.2, 0.25) is 0 Å². The fourth-order valence-corrected chi connectivity index (χ4v) is 3.61. The van der Waals surface area contributed by atoms with Gasteiger partial charge in [-0.1, -0.05) is 61.2 Å². The smallest absolute Gasteiger partial charge is 0.329 e. The number of hydrazine groups is 1. The first-order chi connectivity index (χ1) is 17.3. The van der Waals surface area contributed by atoms with Crippen molar-refractivity contribution in [2.24, 2.45) is 7.05 Å². The number of nitrogens with zero attached hydrogens (tertiary/aromatic N) is 3. The molecule has 4 rings (SSSR count). The molecule has 0 aliphatic rings. The molecule has 10 heteroatoms. The lowest BCUT2D eigenvalue weighted by Crippen LogP contribution is -2.31. The van der Waals surface area contributed by atoms with Gasteiger partial charge in [0.1, 0.15) is 18.5 Å². The van der Waals surface area contributed by atoms with Gasteiger partial charge in [0.25, 0.3) is 5.56 Å². The molecule has 0 unspecified atom stereocenters. The molecule has 0 aliphatic heterocycles. The number of anilines is 1. The van der Waals surface area contributed by atoms with E-state index in [4.69, 9.17) is 4.74 Å². The van der Waals surface area contributed by atoms with Gasteiger partial charge in [-0.05, 0) is 30.2 Å². The number of benzene rings is 2. The summed E-state index contributed by atoms with van der Waals surface area (Å²) in [7, 11) is 1.51. The largest absolute Gasteiger partial charge is 0.491 e. The molecule has 2 aromatic carbocycles. The van der Waals surface area contributed by atoms with Gasteiger partial charge in [0.2, 0.25) is 5.95 Å². The highest BCUT2D eigenvalue weighted by atomic mass is 16.5. The monoisotopic (exact) mass is 488 g/mol. The molecule has 1 atom stereocenters. The van der Waals surface area contributed by atoms with Gasteiger partial charge in [-0.2, -0.15) is 4.98 Å². The Morgan fingerprint density at radius 3 is 2.67 bits per heavy atom. The minimum Gasteiger partial charge on any atom is -0.491 e. The number of nitrogens with one attached hydrogen (secondary N) is 3. The Balaban J connectivity index is 1.56. The lowest BCUT2D eigenvalue weighted by atomic mass is 10.2. The van der Waals surface area contributed by atoms with E-state index < -0.39 is 17.4 Å². The molecule has 0 saturated carbocycles. The average molecular weight is 489 g/mol. The molecule has 10 nitrogen and oxygen atoms in total. The molecule has 2 aromatic heterocycles. The summed E-state index contributed by atoms with van der Waals surface area (Å²) in [5.41, 5.74) is 7.46. The van der Waals surface area contributed by atoms with Crippen LogP contribution in [0.5, 0.6) is 5.75 Å². The maximum Gasteiger partial charge on any atom is 0.329 e. The van der Waals surface area contributed by atoms with Crippen LogP contribution >= 0.6 is 0 Å². The number of allylic oxidation sites excluding steroid dienone is 1. The average Bonchev–Trinajstić information content (AvgIpc) is 3.23. The molecule has 4 aromatic rings. The lowest BCUT2D eigenvalue weighted by Gasteiger charge is -2.17. The standard InChI is InChI=1S/C26H28N6O4/c1-17-9-7-8-12-21(17)36-16-20(33)15-32-22-23(31(3)26(35)28-24(22)34)27-25(32)30-29-18(2)13-14-19-10-5-4-6-11-19/h4-14,20,29,33H,2,15-16H2,1,3H3,(H,27,30)(H,28,34,35)/b14-13+/t20-/m1/s1. The van der Waals surface area contributed by atoms with Gasteiger partial charge in [0.15, 0.2) is 11.2 Å². The van der Waals surface area contributed by atoms with Crippen molar-refractivity contribution in [3.05, 3.63) is 105 Å². The second-order valence-corrected chi connectivity index (χ2v) is 8.29. The van der Waals surface area contributed by atoms with Crippen LogP contribution in [-0.4, -0.2) is 36.9 Å². The van der Waals surface area contributed by atoms with Crippen LogP contribution in [0.15, 0.2) is 82.5 Å². The van der Waals surface area contributed by atoms with E-state index >= 15 is 0 Å². The number of aliphatic hydroxyl groups excluding tert-OH is 1. The molecule has 0 bridgehead atoms. The first-order valence-corrected chi connectivity index (χ1v) is 11.3. The highest BCUT2D eigenvalue weighted by molar-refractivity contribution is 5.74. The molecule has 0 saturated heterocycles. The molecular formula is C26H28N6O4. The first-order valence-electron chi connectivity index (χ1n) is 11.3. The number of para-hydroxylation sites is 1. The van der Waals surface area contributed by atoms with Crippen molar-refractivity contribution in [1.29, 1.82) is 0 Å². The molecular weight excluding hydrogens is 460 g/mol. The topological polar surface area (TPSA) is 126 Å². The molecule has 2 heterocycles. The summed E-state index contributed by atoms with van der Waals surface area (Å²) in [5.74, 6) is 0.884. The number of aromatic amines is 1. The minimum atomic E-state index is -0.972. The van der Waals surface area contributed by atoms with Crippen molar-refractivity contribution >= 4 is 23.2 Å². The number of aromatic nitrogens is 4. The molecule has 0 fully saturated rings. The van der Waals surface area contributed by atoms with Crippen LogP contribution in [0.25, 0.3) is 17.2 Å². The van der Waals surface area contributed by atoms with Gasteiger partial charge in [-0.15, -0.1) is 0 Å². The van der Waals surface area contributed by atoms with Gasteiger partial charge in [-0.25, -0.2) is 4.79 Å². The number of ether oxygens (including phenoxy) is 1. The number of rotatable bonds is 10. The minimum absolute atomic E-state index is 0.00636. The Hall–Kier alpha value is -4.57. The third-order valence-corrected chi connectivity index (χ3v) is 5.54. The van der Waals surface area contributed by atoms with Crippen LogP contribution in [0.4, 0.5) is 5.95 Å². The Morgan fingerprint density at radius 2 is 1.92 bits per heavy atom. The molecule has 4 N–H and O–H groups in total.